The molecule has 132 valence electrons. The summed E-state index contributed by atoms with van der Waals surface area (Å²) in [6, 6.07) is 26.4. The van der Waals surface area contributed by atoms with E-state index < -0.39 is 0 Å². The van der Waals surface area contributed by atoms with Crippen LogP contribution in [-0.4, -0.2) is 0 Å². The highest BCUT2D eigenvalue weighted by atomic mass is 35.5. The first-order valence-corrected chi connectivity index (χ1v) is 9.78. The van der Waals surface area contributed by atoms with Crippen molar-refractivity contribution in [1.29, 1.82) is 0 Å². The summed E-state index contributed by atoms with van der Waals surface area (Å²) in [7, 11) is 0. The number of rotatable bonds is 1. The molecule has 0 heterocycles. The molecule has 0 atom stereocenters. The monoisotopic (exact) mass is 368 g/mol. The quantitative estimate of drug-likeness (QED) is 0.322. The van der Waals surface area contributed by atoms with Crippen molar-refractivity contribution in [2.24, 2.45) is 0 Å². The number of aryl methyl sites for hydroxylation is 1. The van der Waals surface area contributed by atoms with Crippen LogP contribution >= 0.6 is 11.6 Å². The minimum atomic E-state index is 0.0114. The molecule has 1 aliphatic rings. The molecule has 0 amide bonds. The average molecular weight is 369 g/mol. The zero-order valence-corrected chi connectivity index (χ0v) is 16.6. The highest BCUT2D eigenvalue weighted by Crippen LogP contribution is 2.52. The van der Waals surface area contributed by atoms with Crippen molar-refractivity contribution >= 4 is 22.4 Å². The Morgan fingerprint density at radius 2 is 1.52 bits per heavy atom. The largest absolute Gasteiger partial charge is 0.0843 e. The fourth-order valence-corrected chi connectivity index (χ4v) is 4.90. The molecule has 0 spiro atoms. The van der Waals surface area contributed by atoms with Crippen LogP contribution in [0, 0.1) is 6.92 Å². The predicted octanol–water partition coefficient (Wildman–Crippen LogP) is 7.77. The third-order valence-electron chi connectivity index (χ3n) is 5.94. The topological polar surface area (TPSA) is 0 Å². The smallest absolute Gasteiger partial charge is 0.0414 e. The van der Waals surface area contributed by atoms with E-state index in [1.54, 1.807) is 0 Å². The van der Waals surface area contributed by atoms with Gasteiger partial charge in [-0.2, -0.15) is 0 Å². The molecule has 0 aliphatic heterocycles. The van der Waals surface area contributed by atoms with Crippen molar-refractivity contribution < 1.29 is 0 Å². The summed E-state index contributed by atoms with van der Waals surface area (Å²) in [5.74, 6) is 0. The van der Waals surface area contributed by atoms with Crippen LogP contribution in [-0.2, 0) is 5.41 Å². The summed E-state index contributed by atoms with van der Waals surface area (Å²) in [5.41, 5.74) is 9.13. The van der Waals surface area contributed by atoms with E-state index in [0.29, 0.717) is 0 Å². The second-order valence-electron chi connectivity index (χ2n) is 8.11. The first-order valence-electron chi connectivity index (χ1n) is 9.40. The summed E-state index contributed by atoms with van der Waals surface area (Å²) in [6.07, 6.45) is 0. The SMILES string of the molecule is Cc1cc(Cl)cc(-c2ccc3c(c2)-c2c(ccc4ccccc24)C3(C)C)c1. The zero-order chi connectivity index (χ0) is 18.8. The first-order chi connectivity index (χ1) is 12.9. The van der Waals surface area contributed by atoms with Gasteiger partial charge in [-0.15, -0.1) is 0 Å². The molecule has 0 bridgehead atoms. The number of benzene rings is 4. The van der Waals surface area contributed by atoms with Gasteiger partial charge >= 0.3 is 0 Å². The Hall–Kier alpha value is -2.57. The van der Waals surface area contributed by atoms with Crippen molar-refractivity contribution in [3.8, 4) is 22.3 Å². The molecule has 0 saturated carbocycles. The number of hydrogen-bond donors (Lipinski definition) is 0. The van der Waals surface area contributed by atoms with Gasteiger partial charge in [0.15, 0.2) is 0 Å². The van der Waals surface area contributed by atoms with Gasteiger partial charge in [-0.05, 0) is 74.8 Å². The van der Waals surface area contributed by atoms with Crippen LogP contribution < -0.4 is 0 Å². The molecule has 0 saturated heterocycles. The van der Waals surface area contributed by atoms with E-state index in [2.05, 4.69) is 87.5 Å². The summed E-state index contributed by atoms with van der Waals surface area (Å²) >= 11 is 6.32. The van der Waals surface area contributed by atoms with E-state index in [4.69, 9.17) is 11.6 Å². The Labute approximate surface area is 165 Å². The van der Waals surface area contributed by atoms with E-state index in [9.17, 15) is 0 Å². The highest BCUT2D eigenvalue weighted by Gasteiger charge is 2.36. The maximum Gasteiger partial charge on any atom is 0.0414 e. The van der Waals surface area contributed by atoms with E-state index >= 15 is 0 Å². The molecule has 4 aromatic rings. The van der Waals surface area contributed by atoms with Crippen LogP contribution in [0.1, 0.15) is 30.5 Å². The van der Waals surface area contributed by atoms with Crippen molar-refractivity contribution in [2.75, 3.05) is 0 Å². The third-order valence-corrected chi connectivity index (χ3v) is 6.16. The summed E-state index contributed by atoms with van der Waals surface area (Å²) < 4.78 is 0. The molecule has 1 heteroatoms. The van der Waals surface area contributed by atoms with Gasteiger partial charge in [-0.1, -0.05) is 80.0 Å². The lowest BCUT2D eigenvalue weighted by Crippen LogP contribution is -2.14. The van der Waals surface area contributed by atoms with Crippen molar-refractivity contribution in [3.63, 3.8) is 0 Å². The normalized spacial score (nSPS) is 14.2. The second kappa shape index (κ2) is 5.71. The van der Waals surface area contributed by atoms with Crippen LogP contribution in [0.2, 0.25) is 5.02 Å². The molecule has 4 aromatic carbocycles. The van der Waals surface area contributed by atoms with Gasteiger partial charge in [0.25, 0.3) is 0 Å². The molecule has 0 N–H and O–H groups in total. The Balaban J connectivity index is 1.82. The third kappa shape index (κ3) is 2.44. The highest BCUT2D eigenvalue weighted by molar-refractivity contribution is 6.31. The van der Waals surface area contributed by atoms with Gasteiger partial charge in [0.05, 0.1) is 0 Å². The van der Waals surface area contributed by atoms with Crippen LogP contribution in [0.4, 0.5) is 0 Å². The van der Waals surface area contributed by atoms with Crippen LogP contribution in [0.3, 0.4) is 0 Å². The lowest BCUT2D eigenvalue weighted by molar-refractivity contribution is 0.661. The first kappa shape index (κ1) is 16.6. The van der Waals surface area contributed by atoms with Crippen LogP contribution in [0.15, 0.2) is 72.8 Å². The molecule has 0 aromatic heterocycles. The van der Waals surface area contributed by atoms with Gasteiger partial charge in [-0.25, -0.2) is 0 Å². The Kier molecular flexibility index (Phi) is 3.51. The molecule has 0 radical (unpaired) electrons. The van der Waals surface area contributed by atoms with Crippen LogP contribution in [0.5, 0.6) is 0 Å². The van der Waals surface area contributed by atoms with Gasteiger partial charge < -0.3 is 0 Å². The minimum Gasteiger partial charge on any atom is -0.0843 e. The van der Waals surface area contributed by atoms with E-state index in [1.165, 1.54) is 49.7 Å². The number of halogens is 1. The van der Waals surface area contributed by atoms with E-state index in [1.807, 2.05) is 6.07 Å². The van der Waals surface area contributed by atoms with Crippen molar-refractivity contribution in [1.82, 2.24) is 0 Å². The van der Waals surface area contributed by atoms with Crippen molar-refractivity contribution in [3.05, 3.63) is 94.5 Å². The molecule has 0 unspecified atom stereocenters. The molecule has 0 fully saturated rings. The van der Waals surface area contributed by atoms with Gasteiger partial charge in [0.1, 0.15) is 0 Å². The number of hydrogen-bond acceptors (Lipinski definition) is 0. The predicted molar refractivity (Wildman–Crippen MR) is 117 cm³/mol. The molecule has 5 rings (SSSR count). The van der Waals surface area contributed by atoms with Crippen molar-refractivity contribution in [2.45, 2.75) is 26.2 Å². The molecule has 0 nitrogen and oxygen atoms in total. The fraction of sp³-hybridized carbons (Fsp3) is 0.154. The van der Waals surface area contributed by atoms with Gasteiger partial charge in [0, 0.05) is 10.4 Å². The standard InChI is InChI=1S/C26H21Cl/c1-16-12-19(14-20(27)13-16)18-9-10-23-22(15-18)25-21-7-5-4-6-17(21)8-11-24(25)26(23,2)3/h4-15H,1-3H3. The summed E-state index contributed by atoms with van der Waals surface area (Å²) in [4.78, 5) is 0. The van der Waals surface area contributed by atoms with Gasteiger partial charge in [0.2, 0.25) is 0 Å². The lowest BCUT2D eigenvalue weighted by atomic mass is 9.82. The summed E-state index contributed by atoms with van der Waals surface area (Å²) in [6.45, 7) is 6.75. The lowest BCUT2D eigenvalue weighted by Gasteiger charge is -2.21. The van der Waals surface area contributed by atoms with Gasteiger partial charge in [-0.3, -0.25) is 0 Å². The Bertz CT molecular complexity index is 1190. The maximum absolute atomic E-state index is 6.32. The molecular formula is C26H21Cl. The second-order valence-corrected chi connectivity index (χ2v) is 8.55. The maximum atomic E-state index is 6.32. The average Bonchev–Trinajstić information content (AvgIpc) is 2.88. The zero-order valence-electron chi connectivity index (χ0n) is 15.8. The fourth-order valence-electron chi connectivity index (χ4n) is 4.61. The Morgan fingerprint density at radius 3 is 2.33 bits per heavy atom. The minimum absolute atomic E-state index is 0.0114. The molecule has 27 heavy (non-hydrogen) atoms. The van der Waals surface area contributed by atoms with E-state index in [0.717, 1.165) is 5.02 Å². The Morgan fingerprint density at radius 1 is 0.741 bits per heavy atom. The molecular weight excluding hydrogens is 348 g/mol. The van der Waals surface area contributed by atoms with Crippen LogP contribution in [0.25, 0.3) is 33.0 Å². The molecule has 1 aliphatic carbocycles. The number of fused-ring (bicyclic) bond motifs is 5. The summed E-state index contributed by atoms with van der Waals surface area (Å²) in [5, 5.41) is 3.42. The van der Waals surface area contributed by atoms with E-state index in [-0.39, 0.29) is 5.41 Å².